The first-order chi connectivity index (χ1) is 17.2. The number of benzene rings is 3. The third-order valence-corrected chi connectivity index (χ3v) is 6.95. The van der Waals surface area contributed by atoms with Crippen molar-refractivity contribution in [2.75, 3.05) is 0 Å². The lowest BCUT2D eigenvalue weighted by Crippen LogP contribution is -2.34. The summed E-state index contributed by atoms with van der Waals surface area (Å²) < 4.78 is 16.4. The van der Waals surface area contributed by atoms with Crippen LogP contribution in [0, 0.1) is 16.6 Å². The van der Waals surface area contributed by atoms with Crippen LogP contribution in [-0.2, 0) is 0 Å². The van der Waals surface area contributed by atoms with E-state index in [1.807, 2.05) is 0 Å². The van der Waals surface area contributed by atoms with Crippen molar-refractivity contribution in [1.82, 2.24) is 18.8 Å². The molecule has 0 saturated heterocycles. The van der Waals surface area contributed by atoms with Crippen LogP contribution in [0.5, 0.6) is 0 Å². The Balaban J connectivity index is 1.81. The topological polar surface area (TPSA) is 151 Å². The van der Waals surface area contributed by atoms with Gasteiger partial charge in [0.25, 0.3) is 11.1 Å². The van der Waals surface area contributed by atoms with E-state index in [1.54, 1.807) is 18.2 Å². The smallest absolute Gasteiger partial charge is 0.271 e. The minimum Gasteiger partial charge on any atom is -0.287 e. The highest BCUT2D eigenvalue weighted by Crippen LogP contribution is 2.22. The van der Waals surface area contributed by atoms with E-state index in [4.69, 9.17) is 10.8 Å². The zero-order valence-corrected chi connectivity index (χ0v) is 19.2. The Kier molecular flexibility index (Phi) is 3.72. The lowest BCUT2D eigenvalue weighted by Gasteiger charge is -2.02. The summed E-state index contributed by atoms with van der Waals surface area (Å²) in [4.78, 5) is 62.3. The second-order valence-electron chi connectivity index (χ2n) is 8.33. The van der Waals surface area contributed by atoms with Crippen LogP contribution in [0.25, 0.3) is 54.6 Å². The summed E-state index contributed by atoms with van der Waals surface area (Å²) in [6, 6.07) is 8.41. The van der Waals surface area contributed by atoms with Crippen LogP contribution in [0.4, 0.5) is 4.39 Å². The van der Waals surface area contributed by atoms with Crippen molar-refractivity contribution < 1.29 is 4.39 Å². The molecule has 12 heteroatoms. The van der Waals surface area contributed by atoms with Gasteiger partial charge in [-0.1, -0.05) is 15.9 Å². The number of aromatic nitrogens is 4. The maximum absolute atomic E-state index is 13.9. The molecule has 0 aliphatic rings. The zero-order chi connectivity index (χ0) is 25.2. The van der Waals surface area contributed by atoms with E-state index in [0.717, 1.165) is 20.9 Å². The van der Waals surface area contributed by atoms with E-state index in [1.165, 1.54) is 6.07 Å². The van der Waals surface area contributed by atoms with E-state index in [0.29, 0.717) is 15.2 Å². The molecule has 0 aliphatic heterocycles. The van der Waals surface area contributed by atoms with E-state index in [-0.39, 0.29) is 33.0 Å². The van der Waals surface area contributed by atoms with Gasteiger partial charge in [0.05, 0.1) is 0 Å². The van der Waals surface area contributed by atoms with Gasteiger partial charge in [-0.3, -0.25) is 30.0 Å². The molecule has 0 bridgehead atoms. The molecule has 0 saturated carbocycles. The van der Waals surface area contributed by atoms with Crippen LogP contribution < -0.4 is 33.0 Å². The molecular formula is C24H8BrFN6O4. The largest absolute Gasteiger partial charge is 0.287 e. The van der Waals surface area contributed by atoms with E-state index in [2.05, 4.69) is 25.9 Å². The fraction of sp³-hybridized carbons (Fsp3) is 0. The summed E-state index contributed by atoms with van der Waals surface area (Å²) in [6.45, 7) is 0. The van der Waals surface area contributed by atoms with Gasteiger partial charge < -0.3 is 0 Å². The summed E-state index contributed by atoms with van der Waals surface area (Å²) in [7, 11) is 0. The minimum absolute atomic E-state index is 0.00510. The van der Waals surface area contributed by atoms with Gasteiger partial charge in [0, 0.05) is 26.0 Å². The molecule has 0 spiro atoms. The maximum atomic E-state index is 13.9. The molecular weight excluding hydrogens is 535 g/mol. The predicted molar refractivity (Wildman–Crippen MR) is 132 cm³/mol. The van der Waals surface area contributed by atoms with Gasteiger partial charge in [-0.25, -0.2) is 23.2 Å². The number of hydrogen-bond donors (Lipinski definition) is 2. The van der Waals surface area contributed by atoms with Gasteiger partial charge in [-0.2, -0.15) is 0 Å². The highest BCUT2D eigenvalue weighted by molar-refractivity contribution is 9.10. The van der Waals surface area contributed by atoms with Crippen molar-refractivity contribution in [3.8, 4) is 0 Å². The highest BCUT2D eigenvalue weighted by atomic mass is 79.9. The van der Waals surface area contributed by atoms with E-state index in [9.17, 15) is 23.6 Å². The first kappa shape index (κ1) is 20.6. The normalized spacial score (nSPS) is 12.3. The molecule has 0 unspecified atom stereocenters. The second kappa shape index (κ2) is 6.49. The number of hydrogen-bond acceptors (Lipinski definition) is 8. The molecule has 0 amide bonds. The fourth-order valence-electron chi connectivity index (χ4n) is 4.85. The Morgan fingerprint density at radius 2 is 1.17 bits per heavy atom. The number of nitrogens with one attached hydrogen (secondary N) is 2. The Bertz CT molecular complexity index is 2350. The van der Waals surface area contributed by atoms with Crippen LogP contribution in [0.15, 0.2) is 60.0 Å². The first-order valence-electron chi connectivity index (χ1n) is 10.4. The van der Waals surface area contributed by atoms with E-state index >= 15 is 0 Å². The number of fused-ring (bicyclic) bond motifs is 8. The summed E-state index contributed by atoms with van der Waals surface area (Å²) in [6.07, 6.45) is 0. The average molecular weight is 543 g/mol. The summed E-state index contributed by atoms with van der Waals surface area (Å²) in [5, 5.41) is 16.7. The molecule has 7 rings (SSSR count). The van der Waals surface area contributed by atoms with Gasteiger partial charge in [0.1, 0.15) is 49.9 Å². The Hall–Kier alpha value is -4.71. The van der Waals surface area contributed by atoms with Gasteiger partial charge in [0.15, 0.2) is 0 Å². The van der Waals surface area contributed by atoms with Crippen molar-refractivity contribution in [2.24, 2.45) is 0 Å². The fourth-order valence-corrected chi connectivity index (χ4v) is 5.21. The molecule has 3 aromatic carbocycles. The predicted octanol–water partition coefficient (Wildman–Crippen LogP) is 1.21. The molecule has 10 nitrogen and oxygen atoms in total. The van der Waals surface area contributed by atoms with E-state index < -0.39 is 49.6 Å². The molecule has 0 radical (unpaired) electrons. The van der Waals surface area contributed by atoms with Crippen molar-refractivity contribution in [2.45, 2.75) is 0 Å². The molecule has 4 heterocycles. The highest BCUT2D eigenvalue weighted by Gasteiger charge is 2.24. The molecule has 0 atom stereocenters. The van der Waals surface area contributed by atoms with Crippen LogP contribution >= 0.6 is 15.9 Å². The number of halogens is 2. The Morgan fingerprint density at radius 3 is 1.69 bits per heavy atom. The molecule has 36 heavy (non-hydrogen) atoms. The zero-order valence-electron chi connectivity index (χ0n) is 17.6. The quantitative estimate of drug-likeness (QED) is 0.275. The maximum Gasteiger partial charge on any atom is 0.271 e. The Morgan fingerprint density at radius 1 is 0.694 bits per heavy atom. The Labute approximate surface area is 203 Å². The molecule has 2 N–H and O–H groups in total. The summed E-state index contributed by atoms with van der Waals surface area (Å²) in [5.41, 5.74) is -5.71. The second-order valence-corrected chi connectivity index (χ2v) is 9.25. The summed E-state index contributed by atoms with van der Waals surface area (Å²) >= 11 is 3.33. The minimum atomic E-state index is -1.01. The van der Waals surface area contributed by atoms with Crippen LogP contribution in [0.2, 0.25) is 0 Å². The first-order valence-corrected chi connectivity index (χ1v) is 11.2. The van der Waals surface area contributed by atoms with Gasteiger partial charge in [-0.05, 0) is 36.4 Å². The molecule has 7 aromatic rings. The molecule has 0 fully saturated rings. The third kappa shape index (κ3) is 2.28. The van der Waals surface area contributed by atoms with Crippen molar-refractivity contribution in [3.05, 3.63) is 98.8 Å². The number of nitrogens with zero attached hydrogens (tertiary/aromatic N) is 4. The van der Waals surface area contributed by atoms with Crippen LogP contribution in [0.1, 0.15) is 0 Å². The summed E-state index contributed by atoms with van der Waals surface area (Å²) in [5.74, 6) is -0.641. The monoisotopic (exact) mass is 542 g/mol. The average Bonchev–Trinajstić information content (AvgIpc) is 3.28. The lowest BCUT2D eigenvalue weighted by molar-refractivity contribution is 0.630. The standard InChI is InChI=1S/C24H8BrFN6O4/c25-7-1-3-9-11(5-7)21-29-15-13(23(35)31(21)19(9)27)18(34)16-14(17(15)33)24(36)32-20(28)10-4-2-8(26)6-12(10)22(32)30-16/h1-6,27-28H. The number of rotatable bonds is 0. The van der Waals surface area contributed by atoms with Crippen LogP contribution in [0.3, 0.4) is 0 Å². The molecule has 4 aromatic heterocycles. The van der Waals surface area contributed by atoms with Gasteiger partial charge in [-0.15, -0.1) is 0 Å². The third-order valence-electron chi connectivity index (χ3n) is 6.45. The molecule has 172 valence electrons. The van der Waals surface area contributed by atoms with Gasteiger partial charge in [0.2, 0.25) is 10.9 Å². The lowest BCUT2D eigenvalue weighted by atomic mass is 10.1. The SMILES string of the molecule is N=c1c2ccc(F)cc2c2nc3c(=O)c4c(=O)n5c(=N)c6ccc(Br)cc6c5nc4c(=O)c3c(=O)n12. The van der Waals surface area contributed by atoms with Crippen molar-refractivity contribution in [3.63, 3.8) is 0 Å². The molecule has 0 aliphatic carbocycles. The van der Waals surface area contributed by atoms with Gasteiger partial charge >= 0.3 is 0 Å². The van der Waals surface area contributed by atoms with Crippen molar-refractivity contribution >= 4 is 70.6 Å². The van der Waals surface area contributed by atoms with Crippen molar-refractivity contribution in [1.29, 1.82) is 10.8 Å². The van der Waals surface area contributed by atoms with Crippen LogP contribution in [-0.4, -0.2) is 18.8 Å².